The molecule has 2 atom stereocenters. The second kappa shape index (κ2) is 8.94. The number of carbonyl (C=O) groups is 1. The summed E-state index contributed by atoms with van der Waals surface area (Å²) in [5, 5.41) is 0. The Morgan fingerprint density at radius 3 is 2.94 bits per heavy atom. The fourth-order valence-corrected chi connectivity index (χ4v) is 5.69. The smallest absolute Gasteiger partial charge is 0.343 e. The van der Waals surface area contributed by atoms with E-state index < -0.39 is 5.97 Å². The number of likely N-dealkylation sites (tertiary alicyclic amines) is 1. The molecule has 170 valence electrons. The molecular formula is C25H29FN2O3S. The lowest BCUT2D eigenvalue weighted by atomic mass is 9.92. The molecule has 5 rings (SSSR count). The van der Waals surface area contributed by atoms with Crippen molar-refractivity contribution in [3.8, 4) is 5.75 Å². The van der Waals surface area contributed by atoms with Crippen molar-refractivity contribution in [2.24, 2.45) is 11.8 Å². The molecule has 32 heavy (non-hydrogen) atoms. The Morgan fingerprint density at radius 2 is 2.16 bits per heavy atom. The standard InChI is InChI=1S/C25H29FN2O3S/c1-3-28-12-15(13-28)4-5-16-10-18(26)6-9-22(16)32-27-21-8-7-19-20-11-17(20)14-31-24(19)23(21)25(29)30-2/h6-10,15,17,20,27H,3-5,11-14H2,1-2H3. The average molecular weight is 457 g/mol. The molecule has 2 aromatic carbocycles. The number of ether oxygens (including phenoxy) is 2. The fraction of sp³-hybridized carbons (Fsp3) is 0.480. The number of halogens is 1. The SMILES string of the molecule is CCN1CC(CCc2cc(F)ccc2SNc2ccc3c(c2C(=O)OC)OCC2CC32)C1. The number of hydrogen-bond acceptors (Lipinski definition) is 6. The van der Waals surface area contributed by atoms with Crippen LogP contribution < -0.4 is 9.46 Å². The van der Waals surface area contributed by atoms with Crippen LogP contribution in [0.1, 0.15) is 47.2 Å². The van der Waals surface area contributed by atoms with Crippen LogP contribution in [0.2, 0.25) is 0 Å². The third-order valence-corrected chi connectivity index (χ3v) is 7.88. The number of methoxy groups -OCH3 is 1. The minimum absolute atomic E-state index is 0.218. The van der Waals surface area contributed by atoms with E-state index >= 15 is 0 Å². The lowest BCUT2D eigenvalue weighted by Gasteiger charge is -2.38. The Hall–Kier alpha value is -2.25. The summed E-state index contributed by atoms with van der Waals surface area (Å²) >= 11 is 1.40. The Labute approximate surface area is 192 Å². The number of aryl methyl sites for hydroxylation is 1. The summed E-state index contributed by atoms with van der Waals surface area (Å²) in [7, 11) is 1.39. The fourth-order valence-electron chi connectivity index (χ4n) is 4.87. The molecule has 3 aliphatic rings. The summed E-state index contributed by atoms with van der Waals surface area (Å²) < 4.78 is 28.3. The molecule has 2 fully saturated rings. The molecule has 2 unspecified atom stereocenters. The molecule has 0 radical (unpaired) electrons. The zero-order valence-corrected chi connectivity index (χ0v) is 19.3. The van der Waals surface area contributed by atoms with Crippen molar-refractivity contribution in [2.75, 3.05) is 38.1 Å². The van der Waals surface area contributed by atoms with E-state index in [-0.39, 0.29) is 5.82 Å². The lowest BCUT2D eigenvalue weighted by molar-refractivity contribution is 0.0596. The van der Waals surface area contributed by atoms with Crippen molar-refractivity contribution in [1.82, 2.24) is 4.90 Å². The van der Waals surface area contributed by atoms with Crippen LogP contribution in [0.4, 0.5) is 10.1 Å². The van der Waals surface area contributed by atoms with Crippen LogP contribution in [-0.2, 0) is 11.2 Å². The Kier molecular flexibility index (Phi) is 6.03. The summed E-state index contributed by atoms with van der Waals surface area (Å²) in [5.41, 5.74) is 3.20. The maximum Gasteiger partial charge on any atom is 0.343 e. The van der Waals surface area contributed by atoms with E-state index in [1.165, 1.54) is 25.1 Å². The van der Waals surface area contributed by atoms with E-state index in [1.54, 1.807) is 6.07 Å². The largest absolute Gasteiger partial charge is 0.492 e. The number of esters is 1. The van der Waals surface area contributed by atoms with Gasteiger partial charge in [-0.1, -0.05) is 13.0 Å². The van der Waals surface area contributed by atoms with Crippen molar-refractivity contribution in [3.63, 3.8) is 0 Å². The van der Waals surface area contributed by atoms with E-state index in [9.17, 15) is 9.18 Å². The van der Waals surface area contributed by atoms with Gasteiger partial charge < -0.3 is 19.1 Å². The summed E-state index contributed by atoms with van der Waals surface area (Å²) in [4.78, 5) is 16.0. The predicted octanol–water partition coefficient (Wildman–Crippen LogP) is 5.11. The van der Waals surface area contributed by atoms with Crippen LogP contribution in [0.15, 0.2) is 35.2 Å². The van der Waals surface area contributed by atoms with Gasteiger partial charge in [-0.15, -0.1) is 0 Å². The first-order valence-corrected chi connectivity index (χ1v) is 12.2. The van der Waals surface area contributed by atoms with Crippen LogP contribution >= 0.6 is 11.9 Å². The third-order valence-electron chi connectivity index (χ3n) is 6.94. The van der Waals surface area contributed by atoms with Gasteiger partial charge in [-0.05, 0) is 85.0 Å². The molecule has 0 spiro atoms. The number of nitrogens with one attached hydrogen (secondary N) is 1. The zero-order valence-electron chi connectivity index (χ0n) is 18.5. The van der Waals surface area contributed by atoms with Crippen molar-refractivity contribution in [2.45, 2.75) is 37.0 Å². The second-order valence-corrected chi connectivity index (χ2v) is 9.87. The van der Waals surface area contributed by atoms with E-state index in [4.69, 9.17) is 9.47 Å². The molecule has 0 bridgehead atoms. The molecule has 2 heterocycles. The van der Waals surface area contributed by atoms with Gasteiger partial charge in [-0.2, -0.15) is 0 Å². The van der Waals surface area contributed by atoms with Crippen molar-refractivity contribution in [1.29, 1.82) is 0 Å². The lowest BCUT2D eigenvalue weighted by Crippen LogP contribution is -2.46. The highest BCUT2D eigenvalue weighted by molar-refractivity contribution is 8.00. The molecule has 1 saturated heterocycles. The second-order valence-electron chi connectivity index (χ2n) is 9.02. The minimum atomic E-state index is -0.408. The van der Waals surface area contributed by atoms with Crippen LogP contribution in [-0.4, -0.2) is 44.2 Å². The maximum atomic E-state index is 14.0. The van der Waals surface area contributed by atoms with E-state index in [0.29, 0.717) is 41.4 Å². The zero-order chi connectivity index (χ0) is 22.2. The van der Waals surface area contributed by atoms with Gasteiger partial charge in [-0.25, -0.2) is 9.18 Å². The highest BCUT2D eigenvalue weighted by atomic mass is 32.2. The first-order valence-electron chi connectivity index (χ1n) is 11.4. The molecule has 7 heteroatoms. The van der Waals surface area contributed by atoms with Gasteiger partial charge in [0.25, 0.3) is 0 Å². The van der Waals surface area contributed by atoms with E-state index in [2.05, 4.69) is 22.6 Å². The van der Waals surface area contributed by atoms with Crippen LogP contribution in [0, 0.1) is 17.7 Å². The number of rotatable bonds is 8. The average Bonchev–Trinajstić information content (AvgIpc) is 3.57. The number of benzene rings is 2. The molecule has 0 amide bonds. The Morgan fingerprint density at radius 1 is 1.31 bits per heavy atom. The molecule has 5 nitrogen and oxygen atoms in total. The van der Waals surface area contributed by atoms with Crippen molar-refractivity contribution < 1.29 is 18.7 Å². The molecule has 1 saturated carbocycles. The summed E-state index contributed by atoms with van der Waals surface area (Å²) in [6.07, 6.45) is 3.01. The van der Waals surface area contributed by atoms with Crippen LogP contribution in [0.3, 0.4) is 0 Å². The van der Waals surface area contributed by atoms with E-state index in [0.717, 1.165) is 54.9 Å². The molecule has 0 aromatic heterocycles. The predicted molar refractivity (Wildman–Crippen MR) is 124 cm³/mol. The van der Waals surface area contributed by atoms with Crippen LogP contribution in [0.5, 0.6) is 5.75 Å². The van der Waals surface area contributed by atoms with Gasteiger partial charge in [0.05, 0.1) is 19.4 Å². The molecular weight excluding hydrogens is 427 g/mol. The molecule has 1 N–H and O–H groups in total. The third kappa shape index (κ3) is 4.20. The number of fused-ring (bicyclic) bond motifs is 3. The van der Waals surface area contributed by atoms with Gasteiger partial charge in [0.2, 0.25) is 0 Å². The quantitative estimate of drug-likeness (QED) is 0.440. The Bertz CT molecular complexity index is 1020. The number of carbonyl (C=O) groups excluding carboxylic acids is 1. The van der Waals surface area contributed by atoms with Gasteiger partial charge in [0.15, 0.2) is 0 Å². The maximum absolute atomic E-state index is 14.0. The van der Waals surface area contributed by atoms with Gasteiger partial charge in [-0.3, -0.25) is 0 Å². The van der Waals surface area contributed by atoms with Crippen LogP contribution in [0.25, 0.3) is 0 Å². The number of nitrogens with zero attached hydrogens (tertiary/aromatic N) is 1. The number of hydrogen-bond donors (Lipinski definition) is 1. The first kappa shape index (κ1) is 21.6. The highest BCUT2D eigenvalue weighted by Crippen LogP contribution is 2.55. The molecule has 2 aliphatic heterocycles. The topological polar surface area (TPSA) is 50.8 Å². The summed E-state index contributed by atoms with van der Waals surface area (Å²) in [6, 6.07) is 8.91. The highest BCUT2D eigenvalue weighted by Gasteiger charge is 2.45. The van der Waals surface area contributed by atoms with Crippen molar-refractivity contribution in [3.05, 3.63) is 52.8 Å². The van der Waals surface area contributed by atoms with Crippen molar-refractivity contribution >= 4 is 23.6 Å². The number of anilines is 1. The summed E-state index contributed by atoms with van der Waals surface area (Å²) in [5.74, 6) is 1.76. The van der Waals surface area contributed by atoms with Gasteiger partial charge in [0.1, 0.15) is 17.1 Å². The first-order chi connectivity index (χ1) is 15.6. The summed E-state index contributed by atoms with van der Waals surface area (Å²) in [6.45, 7) is 6.19. The Balaban J connectivity index is 1.33. The molecule has 1 aliphatic carbocycles. The minimum Gasteiger partial charge on any atom is -0.492 e. The molecule has 2 aromatic rings. The monoisotopic (exact) mass is 456 g/mol. The van der Waals surface area contributed by atoms with E-state index in [1.807, 2.05) is 12.1 Å². The van der Waals surface area contributed by atoms with Gasteiger partial charge in [0, 0.05) is 23.9 Å². The normalized spacial score (nSPS) is 21.7. The van der Waals surface area contributed by atoms with Gasteiger partial charge >= 0.3 is 5.97 Å².